The second-order valence-electron chi connectivity index (χ2n) is 3.07. The minimum Gasteiger partial charge on any atom is -0.347 e. The van der Waals surface area contributed by atoms with Crippen molar-refractivity contribution in [2.75, 3.05) is 12.8 Å². The van der Waals surface area contributed by atoms with Gasteiger partial charge in [0.05, 0.1) is 0 Å². The number of aliphatic imine (C=N–C) groups is 1. The molecule has 16 heavy (non-hydrogen) atoms. The zero-order valence-corrected chi connectivity index (χ0v) is 10.2. The largest absolute Gasteiger partial charge is 0.347 e. The second kappa shape index (κ2) is 6.85. The molecule has 4 nitrogen and oxygen atoms in total. The average molecular weight is 234 g/mol. The van der Waals surface area contributed by atoms with Gasteiger partial charge in [0.15, 0.2) is 5.17 Å². The summed E-state index contributed by atoms with van der Waals surface area (Å²) >= 11 is 1.48. The fraction of sp³-hybridized carbons (Fsp3) is 0.364. The van der Waals surface area contributed by atoms with E-state index in [2.05, 4.69) is 14.9 Å². The molecule has 0 amide bonds. The molecule has 0 spiro atoms. The molecule has 84 valence electrons. The lowest BCUT2D eigenvalue weighted by molar-refractivity contribution is 0.444. The number of rotatable bonds is 3. The highest BCUT2D eigenvalue weighted by molar-refractivity contribution is 8.13. The van der Waals surface area contributed by atoms with Gasteiger partial charge in [-0.05, 0) is 30.9 Å². The Hall–Kier alpha value is -1.54. The third kappa shape index (κ3) is 3.55. The molecule has 0 saturated carbocycles. The number of aromatic nitrogens is 1. The van der Waals surface area contributed by atoms with Gasteiger partial charge < -0.3 is 4.90 Å². The highest BCUT2D eigenvalue weighted by Gasteiger charge is 2.08. The van der Waals surface area contributed by atoms with Gasteiger partial charge >= 0.3 is 0 Å². The molecular weight excluding hydrogens is 220 g/mol. The van der Waals surface area contributed by atoms with Crippen LogP contribution in [0.25, 0.3) is 0 Å². The Kier molecular flexibility index (Phi) is 5.37. The van der Waals surface area contributed by atoms with Crippen molar-refractivity contribution in [2.24, 2.45) is 4.99 Å². The molecule has 0 aromatic carbocycles. The van der Waals surface area contributed by atoms with Crippen molar-refractivity contribution in [3.8, 4) is 6.19 Å². The summed E-state index contributed by atoms with van der Waals surface area (Å²) in [5.74, 6) is 0. The van der Waals surface area contributed by atoms with E-state index in [1.165, 1.54) is 11.8 Å². The van der Waals surface area contributed by atoms with Crippen molar-refractivity contribution < 1.29 is 0 Å². The summed E-state index contributed by atoms with van der Waals surface area (Å²) < 4.78 is 0. The molecule has 0 unspecified atom stereocenters. The van der Waals surface area contributed by atoms with E-state index in [0.717, 1.165) is 23.8 Å². The topological polar surface area (TPSA) is 52.3 Å². The van der Waals surface area contributed by atoms with Gasteiger partial charge in [-0.2, -0.15) is 5.26 Å². The van der Waals surface area contributed by atoms with Crippen molar-refractivity contribution in [2.45, 2.75) is 13.5 Å². The first-order valence-electron chi connectivity index (χ1n) is 4.96. The monoisotopic (exact) mass is 234 g/mol. The Morgan fingerprint density at radius 3 is 2.75 bits per heavy atom. The maximum Gasteiger partial charge on any atom is 0.208 e. The fourth-order valence-electron chi connectivity index (χ4n) is 1.31. The minimum absolute atomic E-state index is 0.750. The average Bonchev–Trinajstić information content (AvgIpc) is 2.35. The lowest BCUT2D eigenvalue weighted by atomic mass is 10.2. The van der Waals surface area contributed by atoms with Crippen LogP contribution in [0.1, 0.15) is 12.5 Å². The molecule has 0 saturated heterocycles. The summed E-state index contributed by atoms with van der Waals surface area (Å²) in [7, 11) is 0. The van der Waals surface area contributed by atoms with Crippen LogP contribution in [0.3, 0.4) is 0 Å². The number of nitriles is 1. The first-order chi connectivity index (χ1) is 7.81. The van der Waals surface area contributed by atoms with Crippen LogP contribution in [0.2, 0.25) is 0 Å². The quantitative estimate of drug-likeness (QED) is 0.456. The highest BCUT2D eigenvalue weighted by atomic mass is 32.2. The van der Waals surface area contributed by atoms with E-state index in [1.807, 2.05) is 31.5 Å². The number of hydrogen-bond donors (Lipinski definition) is 0. The number of pyridine rings is 1. The summed E-state index contributed by atoms with van der Waals surface area (Å²) in [5, 5.41) is 9.34. The number of hydrogen-bond acceptors (Lipinski definition) is 4. The maximum atomic E-state index is 8.59. The molecule has 0 fully saturated rings. The van der Waals surface area contributed by atoms with E-state index < -0.39 is 0 Å². The zero-order valence-electron chi connectivity index (χ0n) is 9.42. The first kappa shape index (κ1) is 12.5. The van der Waals surface area contributed by atoms with Gasteiger partial charge in [-0.1, -0.05) is 11.8 Å². The van der Waals surface area contributed by atoms with Gasteiger partial charge in [-0.3, -0.25) is 4.98 Å². The molecular formula is C11H14N4S. The molecule has 0 atom stereocenters. The van der Waals surface area contributed by atoms with Crippen LogP contribution in [-0.2, 0) is 6.54 Å². The second-order valence-corrected chi connectivity index (χ2v) is 3.84. The Balaban J connectivity index is 2.77. The van der Waals surface area contributed by atoms with Crippen LogP contribution < -0.4 is 0 Å². The smallest absolute Gasteiger partial charge is 0.208 e. The van der Waals surface area contributed by atoms with Crippen LogP contribution in [0.15, 0.2) is 29.5 Å². The predicted octanol–water partition coefficient (Wildman–Crippen LogP) is 2.10. The van der Waals surface area contributed by atoms with Gasteiger partial charge in [0.1, 0.15) is 0 Å². The van der Waals surface area contributed by atoms with Gasteiger partial charge in [-0.25, -0.2) is 0 Å². The number of nitrogens with zero attached hydrogens (tertiary/aromatic N) is 4. The molecule has 0 aliphatic rings. The van der Waals surface area contributed by atoms with Crippen molar-refractivity contribution in [1.82, 2.24) is 9.88 Å². The lowest BCUT2D eigenvalue weighted by Crippen LogP contribution is -2.27. The lowest BCUT2D eigenvalue weighted by Gasteiger charge is -2.22. The summed E-state index contributed by atoms with van der Waals surface area (Å²) in [6.45, 7) is 3.62. The zero-order chi connectivity index (χ0) is 11.8. The number of amidine groups is 1. The molecule has 0 radical (unpaired) electrons. The molecule has 0 aliphatic heterocycles. The fourth-order valence-corrected chi connectivity index (χ4v) is 1.90. The third-order valence-corrected chi connectivity index (χ3v) is 2.82. The molecule has 0 N–H and O–H groups in total. The van der Waals surface area contributed by atoms with Gasteiger partial charge in [-0.15, -0.1) is 4.99 Å². The summed E-state index contributed by atoms with van der Waals surface area (Å²) in [5.41, 5.74) is 1.16. The molecule has 1 rings (SSSR count). The standard InChI is InChI=1S/C11H14N4S/c1-3-15(11(16-2)14-9-12)8-10-4-6-13-7-5-10/h4-7H,3,8H2,1-2H3. The Labute approximate surface area is 100 Å². The molecule has 1 aromatic rings. The summed E-state index contributed by atoms with van der Waals surface area (Å²) in [4.78, 5) is 9.84. The van der Waals surface area contributed by atoms with Crippen molar-refractivity contribution >= 4 is 16.9 Å². The molecule has 1 aromatic heterocycles. The van der Waals surface area contributed by atoms with E-state index in [0.29, 0.717) is 0 Å². The Morgan fingerprint density at radius 1 is 1.56 bits per heavy atom. The number of thioether (sulfide) groups is 1. The third-order valence-electron chi connectivity index (χ3n) is 2.10. The molecule has 0 aliphatic carbocycles. The van der Waals surface area contributed by atoms with Crippen LogP contribution in [0, 0.1) is 11.5 Å². The van der Waals surface area contributed by atoms with Crippen LogP contribution in [0.4, 0.5) is 0 Å². The minimum atomic E-state index is 0.750. The van der Waals surface area contributed by atoms with E-state index >= 15 is 0 Å². The van der Waals surface area contributed by atoms with Gasteiger partial charge in [0.2, 0.25) is 6.19 Å². The first-order valence-corrected chi connectivity index (χ1v) is 6.19. The van der Waals surface area contributed by atoms with Crippen molar-refractivity contribution in [3.05, 3.63) is 30.1 Å². The van der Waals surface area contributed by atoms with Crippen LogP contribution in [0.5, 0.6) is 0 Å². The summed E-state index contributed by atoms with van der Waals surface area (Å²) in [6.07, 6.45) is 7.29. The molecule has 1 heterocycles. The van der Waals surface area contributed by atoms with Crippen molar-refractivity contribution in [1.29, 1.82) is 5.26 Å². The maximum absolute atomic E-state index is 8.59. The van der Waals surface area contributed by atoms with E-state index in [9.17, 15) is 0 Å². The van der Waals surface area contributed by atoms with Crippen LogP contribution in [-0.4, -0.2) is 27.9 Å². The normalized spacial score (nSPS) is 10.9. The molecule has 5 heteroatoms. The van der Waals surface area contributed by atoms with Crippen LogP contribution >= 0.6 is 11.8 Å². The van der Waals surface area contributed by atoms with E-state index in [4.69, 9.17) is 5.26 Å². The molecule has 0 bridgehead atoms. The van der Waals surface area contributed by atoms with Gasteiger partial charge in [0.25, 0.3) is 0 Å². The Bertz CT molecular complexity index is 383. The highest BCUT2D eigenvalue weighted by Crippen LogP contribution is 2.10. The van der Waals surface area contributed by atoms with Crippen molar-refractivity contribution in [3.63, 3.8) is 0 Å². The van der Waals surface area contributed by atoms with E-state index in [-0.39, 0.29) is 0 Å². The van der Waals surface area contributed by atoms with E-state index in [1.54, 1.807) is 12.4 Å². The predicted molar refractivity (Wildman–Crippen MR) is 66.9 cm³/mol. The Morgan fingerprint density at radius 2 is 2.25 bits per heavy atom. The van der Waals surface area contributed by atoms with Gasteiger partial charge in [0, 0.05) is 25.5 Å². The summed E-state index contributed by atoms with van der Waals surface area (Å²) in [6, 6.07) is 3.93. The SMILES string of the molecule is CCN(Cc1ccncc1)C(=NC#N)SC.